The van der Waals surface area contributed by atoms with Crippen LogP contribution < -0.4 is 5.32 Å². The first kappa shape index (κ1) is 17.0. The van der Waals surface area contributed by atoms with Crippen molar-refractivity contribution >= 4 is 17.5 Å². The van der Waals surface area contributed by atoms with Crippen LogP contribution >= 0.6 is 11.5 Å². The number of rotatable bonds is 5. The van der Waals surface area contributed by atoms with Gasteiger partial charge in [-0.1, -0.05) is 9.64 Å². The van der Waals surface area contributed by atoms with Gasteiger partial charge in [-0.3, -0.25) is 4.90 Å². The topological polar surface area (TPSA) is 92.9 Å². The highest BCUT2D eigenvalue weighted by Crippen LogP contribution is 2.36. The third-order valence-electron chi connectivity index (χ3n) is 4.67. The number of aryl methyl sites for hydroxylation is 1. The molecule has 3 aromatic heterocycles. The van der Waals surface area contributed by atoms with E-state index >= 15 is 0 Å². The summed E-state index contributed by atoms with van der Waals surface area (Å²) in [6, 6.07) is 1.95. The van der Waals surface area contributed by atoms with Crippen molar-refractivity contribution in [2.75, 3.05) is 25.5 Å². The van der Waals surface area contributed by atoms with Gasteiger partial charge in [0.1, 0.15) is 4.88 Å². The van der Waals surface area contributed by atoms with Gasteiger partial charge in [-0.15, -0.1) is 5.10 Å². The Hall–Kier alpha value is -2.39. The second-order valence-electron chi connectivity index (χ2n) is 6.54. The van der Waals surface area contributed by atoms with Crippen LogP contribution in [0.1, 0.15) is 35.7 Å². The second-order valence-corrected chi connectivity index (χ2v) is 7.29. The Morgan fingerprint density at radius 3 is 2.69 bits per heavy atom. The van der Waals surface area contributed by atoms with Gasteiger partial charge in [0.25, 0.3) is 0 Å². The van der Waals surface area contributed by atoms with Gasteiger partial charge in [-0.05, 0) is 44.4 Å². The molecule has 1 saturated heterocycles. The fraction of sp³-hybridized carbons (Fsp3) is 0.471. The van der Waals surface area contributed by atoms with Crippen LogP contribution in [-0.4, -0.2) is 49.7 Å². The van der Waals surface area contributed by atoms with E-state index < -0.39 is 0 Å². The van der Waals surface area contributed by atoms with Crippen LogP contribution in [0.5, 0.6) is 0 Å². The SMILES string of the molecule is CNc1ncc(CN2CCC(c3nnsc3-c3cc(C)no3)CC2)cn1. The summed E-state index contributed by atoms with van der Waals surface area (Å²) < 4.78 is 9.56. The van der Waals surface area contributed by atoms with Crippen LogP contribution in [-0.2, 0) is 6.54 Å². The number of anilines is 1. The standard InChI is InChI=1S/C17H21N7OS/c1-11-7-14(25-22-11)16-15(21-23-26-16)13-3-5-24(6-4-13)10-12-8-19-17(18-2)20-9-12/h7-9,13H,3-6,10H2,1-2H3,(H,18,19,20). The van der Waals surface area contributed by atoms with E-state index in [0.29, 0.717) is 11.9 Å². The van der Waals surface area contributed by atoms with Crippen LogP contribution in [0.25, 0.3) is 10.6 Å². The van der Waals surface area contributed by atoms with Gasteiger partial charge in [-0.2, -0.15) is 0 Å². The lowest BCUT2D eigenvalue weighted by atomic mass is 9.92. The highest BCUT2D eigenvalue weighted by Gasteiger charge is 2.27. The number of nitrogens with one attached hydrogen (secondary N) is 1. The summed E-state index contributed by atoms with van der Waals surface area (Å²) in [7, 11) is 1.82. The highest BCUT2D eigenvalue weighted by atomic mass is 32.1. The molecule has 1 fully saturated rings. The predicted molar refractivity (Wildman–Crippen MR) is 99.0 cm³/mol. The molecule has 0 amide bonds. The fourth-order valence-electron chi connectivity index (χ4n) is 3.29. The van der Waals surface area contributed by atoms with Crippen LogP contribution in [0.4, 0.5) is 5.95 Å². The summed E-state index contributed by atoms with van der Waals surface area (Å²) in [6.07, 6.45) is 5.89. The summed E-state index contributed by atoms with van der Waals surface area (Å²) in [5.41, 5.74) is 3.06. The Bertz CT molecular complexity index is 852. The first-order chi connectivity index (χ1) is 12.7. The molecular formula is C17H21N7OS. The Balaban J connectivity index is 1.39. The van der Waals surface area contributed by atoms with Crippen molar-refractivity contribution in [1.82, 2.24) is 29.6 Å². The van der Waals surface area contributed by atoms with Crippen LogP contribution in [0.15, 0.2) is 23.0 Å². The zero-order valence-electron chi connectivity index (χ0n) is 14.8. The lowest BCUT2D eigenvalue weighted by Gasteiger charge is -2.31. The molecule has 0 unspecified atom stereocenters. The van der Waals surface area contributed by atoms with Crippen molar-refractivity contribution in [3.63, 3.8) is 0 Å². The molecule has 8 nitrogen and oxygen atoms in total. The molecule has 0 saturated carbocycles. The number of hydrogen-bond acceptors (Lipinski definition) is 9. The van der Waals surface area contributed by atoms with Crippen LogP contribution in [0.3, 0.4) is 0 Å². The molecule has 3 aromatic rings. The molecule has 136 valence electrons. The van der Waals surface area contributed by atoms with Crippen LogP contribution in [0.2, 0.25) is 0 Å². The zero-order valence-corrected chi connectivity index (χ0v) is 15.7. The van der Waals surface area contributed by atoms with E-state index in [-0.39, 0.29) is 0 Å². The highest BCUT2D eigenvalue weighted by molar-refractivity contribution is 7.09. The monoisotopic (exact) mass is 371 g/mol. The minimum Gasteiger partial charge on any atom is -0.357 e. The minimum atomic E-state index is 0.410. The van der Waals surface area contributed by atoms with Crippen molar-refractivity contribution in [2.45, 2.75) is 32.2 Å². The smallest absolute Gasteiger partial charge is 0.222 e. The number of hydrogen-bond donors (Lipinski definition) is 1. The normalized spacial score (nSPS) is 16.1. The molecule has 9 heteroatoms. The van der Waals surface area contributed by atoms with Gasteiger partial charge < -0.3 is 9.84 Å². The first-order valence-electron chi connectivity index (χ1n) is 8.70. The third kappa shape index (κ3) is 3.58. The van der Waals surface area contributed by atoms with Crippen molar-refractivity contribution in [3.05, 3.63) is 35.4 Å². The molecule has 1 N–H and O–H groups in total. The molecule has 1 aliphatic rings. The maximum absolute atomic E-state index is 5.41. The quantitative estimate of drug-likeness (QED) is 0.732. The number of aromatic nitrogens is 5. The maximum Gasteiger partial charge on any atom is 0.222 e. The lowest BCUT2D eigenvalue weighted by molar-refractivity contribution is 0.203. The van der Waals surface area contributed by atoms with Gasteiger partial charge in [-0.25, -0.2) is 9.97 Å². The molecule has 26 heavy (non-hydrogen) atoms. The molecule has 1 aliphatic heterocycles. The van der Waals surface area contributed by atoms with Gasteiger partial charge >= 0.3 is 0 Å². The number of nitrogens with zero attached hydrogens (tertiary/aromatic N) is 6. The molecule has 4 rings (SSSR count). The van der Waals surface area contributed by atoms with E-state index in [1.807, 2.05) is 32.4 Å². The van der Waals surface area contributed by atoms with Crippen molar-refractivity contribution in [1.29, 1.82) is 0 Å². The summed E-state index contributed by atoms with van der Waals surface area (Å²) in [5.74, 6) is 1.84. The third-order valence-corrected chi connectivity index (χ3v) is 5.43. The minimum absolute atomic E-state index is 0.410. The van der Waals surface area contributed by atoms with Gasteiger partial charge in [0.05, 0.1) is 11.4 Å². The molecule has 4 heterocycles. The average Bonchev–Trinajstić information content (AvgIpc) is 3.32. The Morgan fingerprint density at radius 1 is 1.27 bits per heavy atom. The first-order valence-corrected chi connectivity index (χ1v) is 9.47. The van der Waals surface area contributed by atoms with Gasteiger partial charge in [0.2, 0.25) is 5.95 Å². The predicted octanol–water partition coefficient (Wildman–Crippen LogP) is 2.71. The Labute approximate surface area is 155 Å². The van der Waals surface area contributed by atoms with E-state index in [4.69, 9.17) is 4.52 Å². The second kappa shape index (κ2) is 7.46. The van der Waals surface area contributed by atoms with Crippen molar-refractivity contribution < 1.29 is 4.52 Å². The lowest BCUT2D eigenvalue weighted by Crippen LogP contribution is -2.32. The Kier molecular flexibility index (Phi) is 4.89. The maximum atomic E-state index is 5.41. The molecule has 0 aliphatic carbocycles. The molecule has 0 aromatic carbocycles. The molecular weight excluding hydrogens is 350 g/mol. The van der Waals surface area contributed by atoms with E-state index in [2.05, 4.69) is 34.9 Å². The van der Waals surface area contributed by atoms with E-state index in [1.165, 1.54) is 11.5 Å². The van der Waals surface area contributed by atoms with Gasteiger partial charge in [0, 0.05) is 43.5 Å². The molecule has 0 spiro atoms. The number of piperidine rings is 1. The van der Waals surface area contributed by atoms with E-state index in [9.17, 15) is 0 Å². The Morgan fingerprint density at radius 2 is 2.04 bits per heavy atom. The van der Waals surface area contributed by atoms with Crippen molar-refractivity contribution in [3.8, 4) is 10.6 Å². The molecule has 0 atom stereocenters. The summed E-state index contributed by atoms with van der Waals surface area (Å²) in [5, 5.41) is 11.3. The van der Waals surface area contributed by atoms with E-state index in [1.54, 1.807) is 0 Å². The zero-order chi connectivity index (χ0) is 17.9. The van der Waals surface area contributed by atoms with Gasteiger partial charge in [0.15, 0.2) is 5.76 Å². The van der Waals surface area contributed by atoms with Crippen molar-refractivity contribution in [2.24, 2.45) is 0 Å². The largest absolute Gasteiger partial charge is 0.357 e. The van der Waals surface area contributed by atoms with E-state index in [0.717, 1.165) is 60.1 Å². The summed E-state index contributed by atoms with van der Waals surface area (Å²) >= 11 is 1.39. The summed E-state index contributed by atoms with van der Waals surface area (Å²) in [6.45, 7) is 4.84. The summed E-state index contributed by atoms with van der Waals surface area (Å²) in [4.78, 5) is 12.0. The molecule has 0 bridgehead atoms. The number of likely N-dealkylation sites (tertiary alicyclic amines) is 1. The molecule has 0 radical (unpaired) electrons. The fourth-order valence-corrected chi connectivity index (χ4v) is 3.99. The van der Waals surface area contributed by atoms with Crippen LogP contribution in [0, 0.1) is 6.92 Å². The average molecular weight is 371 g/mol.